The minimum absolute atomic E-state index is 0. The molecule has 0 aromatic heterocycles. The smallest absolute Gasteiger partial charge is 0.0605 e. The first-order valence-electron chi connectivity index (χ1n) is 9.00. The van der Waals surface area contributed by atoms with Crippen molar-refractivity contribution < 1.29 is 17.7 Å². The Bertz CT molecular complexity index is 332. The fraction of sp³-hybridized carbons (Fsp3) is 1.00. The van der Waals surface area contributed by atoms with Crippen molar-refractivity contribution in [3.63, 3.8) is 0 Å². The normalized spacial score (nSPS) is 19.0. The number of hydrogen-bond acceptors (Lipinski definition) is 2. The molecule has 18 heavy (non-hydrogen) atoms. The van der Waals surface area contributed by atoms with Crippen molar-refractivity contribution in [1.82, 2.24) is 0 Å². The van der Waals surface area contributed by atoms with Crippen LogP contribution in [0.5, 0.6) is 0 Å². The van der Waals surface area contributed by atoms with Crippen LogP contribution < -0.4 is 0 Å². The van der Waals surface area contributed by atoms with Crippen LogP contribution in [0.2, 0.25) is 0 Å². The quantitative estimate of drug-likeness (QED) is 0.630. The van der Waals surface area contributed by atoms with Crippen LogP contribution in [0.15, 0.2) is 0 Å². The molecule has 0 atom stereocenters. The number of hydrogen-bond donors (Lipinski definition) is 0. The zero-order valence-electron chi connectivity index (χ0n) is 18.9. The van der Waals surface area contributed by atoms with E-state index >= 15 is 0 Å². The highest BCUT2D eigenvalue weighted by molar-refractivity contribution is 4.68. The standard InChI is InChI=1S/C8H18O.C7H16O.CH4/c1-7(2,3)9-8(4,5)6;1-6(2)8-7(3,4)5;/h1-6H3;6H,1-5H3;1H4/i1D3,2D3;;. The monoisotopic (exact) mass is 268 g/mol. The third-order valence-corrected chi connectivity index (χ3v) is 1.10. The lowest BCUT2D eigenvalue weighted by atomic mass is 10.1. The predicted molar refractivity (Wildman–Crippen MR) is 83.3 cm³/mol. The molecule has 2 heteroatoms. The lowest BCUT2D eigenvalue weighted by Gasteiger charge is -2.30. The average molecular weight is 269 g/mol. The summed E-state index contributed by atoms with van der Waals surface area (Å²) in [6.07, 6.45) is 0.343. The van der Waals surface area contributed by atoms with Gasteiger partial charge < -0.3 is 9.47 Å². The van der Waals surface area contributed by atoms with Gasteiger partial charge in [-0.3, -0.25) is 0 Å². The molecule has 0 radical (unpaired) electrons. The van der Waals surface area contributed by atoms with Crippen LogP contribution in [0, 0.1) is 0 Å². The van der Waals surface area contributed by atoms with E-state index in [0.717, 1.165) is 6.92 Å². The topological polar surface area (TPSA) is 18.5 Å². The molecular formula is C16H38O2. The van der Waals surface area contributed by atoms with Crippen LogP contribution in [0.25, 0.3) is 0 Å². The summed E-state index contributed by atoms with van der Waals surface area (Å²) in [4.78, 5) is 0. The minimum Gasteiger partial charge on any atom is -0.373 e. The zero-order chi connectivity index (χ0) is 19.5. The summed E-state index contributed by atoms with van der Waals surface area (Å²) < 4.78 is 54.3. The molecule has 114 valence electrons. The Morgan fingerprint density at radius 3 is 1.22 bits per heavy atom. The van der Waals surface area contributed by atoms with E-state index in [1.165, 1.54) is 0 Å². The molecule has 0 heterocycles. The second-order valence-electron chi connectivity index (χ2n) is 6.53. The molecule has 0 aliphatic rings. The molecule has 0 aliphatic heterocycles. The van der Waals surface area contributed by atoms with Gasteiger partial charge in [-0.1, -0.05) is 7.43 Å². The number of rotatable bonds is 1. The van der Waals surface area contributed by atoms with Gasteiger partial charge in [0, 0.05) is 8.22 Å². The van der Waals surface area contributed by atoms with Crippen molar-refractivity contribution in [2.45, 2.75) is 106 Å². The molecule has 0 saturated heterocycles. The van der Waals surface area contributed by atoms with Gasteiger partial charge in [0.25, 0.3) is 0 Å². The van der Waals surface area contributed by atoms with Crippen LogP contribution in [-0.2, 0) is 9.47 Å². The second-order valence-corrected chi connectivity index (χ2v) is 6.53. The Balaban J connectivity index is -0.000000419. The molecule has 0 aromatic rings. The largest absolute Gasteiger partial charge is 0.373 e. The first-order chi connectivity index (χ1) is 9.62. The highest BCUT2D eigenvalue weighted by Gasteiger charge is 2.19. The first kappa shape index (κ1) is 11.7. The van der Waals surface area contributed by atoms with E-state index in [1.54, 1.807) is 20.8 Å². The summed E-state index contributed by atoms with van der Waals surface area (Å²) in [7, 11) is 0. The molecule has 0 N–H and O–H groups in total. The molecule has 0 aromatic carbocycles. The lowest BCUT2D eigenvalue weighted by Crippen LogP contribution is -2.31. The predicted octanol–water partition coefficient (Wildman–Crippen LogP) is 5.45. The highest BCUT2D eigenvalue weighted by Crippen LogP contribution is 2.18. The van der Waals surface area contributed by atoms with Crippen LogP contribution in [0.4, 0.5) is 0 Å². The Morgan fingerprint density at radius 1 is 0.778 bits per heavy atom. The summed E-state index contributed by atoms with van der Waals surface area (Å²) in [5, 5.41) is 0. The van der Waals surface area contributed by atoms with Crippen LogP contribution in [-0.4, -0.2) is 22.9 Å². The number of ether oxygens (including phenoxy) is 2. The van der Waals surface area contributed by atoms with Gasteiger partial charge in [-0.25, -0.2) is 0 Å². The fourth-order valence-electron chi connectivity index (χ4n) is 1.32. The zero-order valence-corrected chi connectivity index (χ0v) is 12.9. The molecule has 0 spiro atoms. The van der Waals surface area contributed by atoms with Gasteiger partial charge in [-0.05, 0) is 76.0 Å². The van der Waals surface area contributed by atoms with Crippen molar-refractivity contribution in [3.05, 3.63) is 0 Å². The maximum absolute atomic E-state index is 7.27. The van der Waals surface area contributed by atoms with Gasteiger partial charge in [0.2, 0.25) is 0 Å². The Morgan fingerprint density at radius 2 is 1.17 bits per heavy atom. The molecule has 0 unspecified atom stereocenters. The Kier molecular flexibility index (Phi) is 5.32. The van der Waals surface area contributed by atoms with E-state index in [9.17, 15) is 0 Å². The molecular weight excluding hydrogens is 224 g/mol. The lowest BCUT2D eigenvalue weighted by molar-refractivity contribution is -0.102. The van der Waals surface area contributed by atoms with Gasteiger partial charge in [-0.15, -0.1) is 0 Å². The van der Waals surface area contributed by atoms with Gasteiger partial charge in [0.15, 0.2) is 0 Å². The molecule has 0 bridgehead atoms. The van der Waals surface area contributed by atoms with Gasteiger partial charge >= 0.3 is 0 Å². The van der Waals surface area contributed by atoms with E-state index in [0.29, 0.717) is 6.10 Å². The van der Waals surface area contributed by atoms with Gasteiger partial charge in [0.1, 0.15) is 0 Å². The van der Waals surface area contributed by atoms with Crippen molar-refractivity contribution in [2.24, 2.45) is 0 Å². The fourth-order valence-corrected chi connectivity index (χ4v) is 1.32. The van der Waals surface area contributed by atoms with E-state index in [-0.39, 0.29) is 13.0 Å². The van der Waals surface area contributed by atoms with Crippen LogP contribution in [0.1, 0.15) is 91.7 Å². The van der Waals surface area contributed by atoms with E-state index < -0.39 is 24.9 Å². The summed E-state index contributed by atoms with van der Waals surface area (Å²) >= 11 is 0. The maximum atomic E-state index is 7.27. The third-order valence-electron chi connectivity index (χ3n) is 1.10. The minimum atomic E-state index is -2.69. The first-order valence-corrected chi connectivity index (χ1v) is 6.00. The Labute approximate surface area is 125 Å². The van der Waals surface area contributed by atoms with Crippen molar-refractivity contribution in [3.8, 4) is 0 Å². The highest BCUT2D eigenvalue weighted by atomic mass is 16.5. The summed E-state index contributed by atoms with van der Waals surface area (Å²) in [6, 6.07) is 0. The van der Waals surface area contributed by atoms with Crippen LogP contribution >= 0.6 is 0 Å². The molecule has 0 amide bonds. The van der Waals surface area contributed by atoms with Crippen molar-refractivity contribution in [2.75, 3.05) is 0 Å². The van der Waals surface area contributed by atoms with Crippen molar-refractivity contribution in [1.29, 1.82) is 0 Å². The van der Waals surface area contributed by atoms with E-state index in [1.807, 2.05) is 13.8 Å². The second kappa shape index (κ2) is 8.16. The summed E-state index contributed by atoms with van der Waals surface area (Å²) in [6.45, 7) is 10.9. The molecule has 0 saturated carbocycles. The SMILES string of the molecule is C.CC(C)OC(C)(C)C.[2H]C([2H])([2H])C(C)(OC(C)(C)C)C([2H])([2H])[2H]. The van der Waals surface area contributed by atoms with E-state index in [4.69, 9.17) is 17.7 Å². The van der Waals surface area contributed by atoms with Gasteiger partial charge in [0.05, 0.1) is 22.9 Å². The van der Waals surface area contributed by atoms with Crippen LogP contribution in [0.3, 0.4) is 0 Å². The molecule has 0 aliphatic carbocycles. The third kappa shape index (κ3) is 29.7. The Hall–Kier alpha value is -0.0800. The summed E-state index contributed by atoms with van der Waals surface area (Å²) in [5.74, 6) is 0. The molecule has 0 rings (SSSR count). The summed E-state index contributed by atoms with van der Waals surface area (Å²) in [5.41, 5.74) is -2.94. The van der Waals surface area contributed by atoms with E-state index in [2.05, 4.69) is 20.8 Å². The molecule has 2 nitrogen and oxygen atoms in total. The van der Waals surface area contributed by atoms with Crippen molar-refractivity contribution >= 4 is 0 Å². The molecule has 0 fully saturated rings. The average Bonchev–Trinajstić information content (AvgIpc) is 2.06. The van der Waals surface area contributed by atoms with Gasteiger partial charge in [-0.2, -0.15) is 0 Å². The maximum Gasteiger partial charge on any atom is 0.0605 e.